The van der Waals surface area contributed by atoms with E-state index in [4.69, 9.17) is 0 Å². The number of phenolic OH excluding ortho intramolecular Hbond substituents is 1. The number of aromatic hydroxyl groups is 1. The Morgan fingerprint density at radius 2 is 1.56 bits per heavy atom. The van der Waals surface area contributed by atoms with Crippen LogP contribution in [0.4, 0.5) is 37.7 Å². The van der Waals surface area contributed by atoms with E-state index in [9.17, 15) is 44.7 Å². The maximum Gasteiger partial charge on any atom is 0.439 e. The highest BCUT2D eigenvalue weighted by Gasteiger charge is 2.59. The zero-order valence-corrected chi connectivity index (χ0v) is 21.4. The first-order chi connectivity index (χ1) is 19.2. The fraction of sp³-hybridized carbons (Fsp3) is 0.192. The second-order valence-corrected chi connectivity index (χ2v) is 10.3. The van der Waals surface area contributed by atoms with Crippen LogP contribution in [0.2, 0.25) is 0 Å². The molecule has 1 atom stereocenters. The van der Waals surface area contributed by atoms with Gasteiger partial charge in [-0.05, 0) is 60.9 Å². The lowest BCUT2D eigenvalue weighted by atomic mass is 9.93. The van der Waals surface area contributed by atoms with Crippen LogP contribution in [-0.2, 0) is 22.9 Å². The van der Waals surface area contributed by atoms with Crippen molar-refractivity contribution in [3.63, 3.8) is 0 Å². The van der Waals surface area contributed by atoms with Crippen LogP contribution in [0.15, 0.2) is 87.9 Å². The average molecular weight is 600 g/mol. The molecule has 0 aromatic heterocycles. The van der Waals surface area contributed by atoms with E-state index in [1.54, 1.807) is 30.4 Å². The van der Waals surface area contributed by atoms with E-state index >= 15 is 0 Å². The maximum atomic E-state index is 13.5. The summed E-state index contributed by atoms with van der Waals surface area (Å²) in [6.45, 7) is 0. The van der Waals surface area contributed by atoms with E-state index < -0.39 is 40.1 Å². The van der Waals surface area contributed by atoms with E-state index in [0.717, 1.165) is 12.1 Å². The normalized spacial score (nSPS) is 14.5. The van der Waals surface area contributed by atoms with E-state index in [1.807, 2.05) is 0 Å². The standard InChI is InChI=1S/C26H19F6N3O5S/c27-24(25(28,29)30)26(31,32)40-16-12-10-15(11-13-16)23(37)34-33-21-14-20(18-8-4-5-9-19(18)22(21)36)35-41(38,39)17-6-2-1-3-7-17/h1-7,10-14,24,35-36H,8-9H2. The van der Waals surface area contributed by atoms with Crippen LogP contribution in [0.3, 0.4) is 0 Å². The Morgan fingerprint density at radius 3 is 2.17 bits per heavy atom. The van der Waals surface area contributed by atoms with E-state index in [-0.39, 0.29) is 34.0 Å². The Bertz CT molecular complexity index is 1610. The number of nitrogens with zero attached hydrogens (tertiary/aromatic N) is 2. The summed E-state index contributed by atoms with van der Waals surface area (Å²) >= 11 is 0. The Kier molecular flexibility index (Phi) is 8.10. The quantitative estimate of drug-likeness (QED) is 0.130. The number of benzene rings is 3. The molecule has 0 fully saturated rings. The van der Waals surface area contributed by atoms with Gasteiger partial charge in [0, 0.05) is 11.1 Å². The number of hydrogen-bond donors (Lipinski definition) is 2. The van der Waals surface area contributed by atoms with Crippen molar-refractivity contribution in [1.82, 2.24) is 0 Å². The van der Waals surface area contributed by atoms with Crippen molar-refractivity contribution >= 4 is 27.3 Å². The molecule has 1 aliphatic rings. The van der Waals surface area contributed by atoms with Crippen LogP contribution in [0.5, 0.6) is 11.5 Å². The van der Waals surface area contributed by atoms with Crippen molar-refractivity contribution in [3.8, 4) is 11.5 Å². The van der Waals surface area contributed by atoms with Gasteiger partial charge in [-0.1, -0.05) is 30.4 Å². The molecule has 2 N–H and O–H groups in total. The van der Waals surface area contributed by atoms with E-state index in [1.165, 1.54) is 18.2 Å². The SMILES string of the molecule is O=C(N=Nc1cc(NS(=O)(=O)c2ccccc2)c2c(c1O)CC=CC2)c1ccc(OC(F)(F)C(F)C(F)(F)F)cc1. The number of nitrogens with one attached hydrogen (secondary N) is 1. The predicted octanol–water partition coefficient (Wildman–Crippen LogP) is 6.64. The molecule has 15 heteroatoms. The maximum absolute atomic E-state index is 13.5. The fourth-order valence-corrected chi connectivity index (χ4v) is 4.91. The van der Waals surface area contributed by atoms with Crippen molar-refractivity contribution in [1.29, 1.82) is 0 Å². The Morgan fingerprint density at radius 1 is 0.951 bits per heavy atom. The number of sulfonamides is 1. The number of halogens is 6. The molecule has 0 radical (unpaired) electrons. The number of alkyl halides is 6. The Labute approximate surface area is 229 Å². The molecule has 3 aromatic carbocycles. The van der Waals surface area contributed by atoms with Crippen LogP contribution >= 0.6 is 0 Å². The first-order valence-electron chi connectivity index (χ1n) is 11.6. The van der Waals surface area contributed by atoms with Gasteiger partial charge in [0.15, 0.2) is 0 Å². The summed E-state index contributed by atoms with van der Waals surface area (Å²) in [4.78, 5) is 12.5. The molecular formula is C26H19F6N3O5S. The third-order valence-corrected chi connectivity index (χ3v) is 7.17. The second-order valence-electron chi connectivity index (χ2n) is 8.64. The van der Waals surface area contributed by atoms with Crippen molar-refractivity contribution in [2.24, 2.45) is 10.2 Å². The molecule has 0 heterocycles. The number of allylic oxidation sites excluding steroid dienone is 2. The number of carbonyl (C=O) groups is 1. The Balaban J connectivity index is 1.57. The zero-order valence-electron chi connectivity index (χ0n) is 20.6. The van der Waals surface area contributed by atoms with Gasteiger partial charge in [0.1, 0.15) is 17.2 Å². The molecule has 0 bridgehead atoms. The number of carbonyl (C=O) groups excluding carboxylic acids is 1. The van der Waals surface area contributed by atoms with Crippen LogP contribution in [0.1, 0.15) is 21.5 Å². The number of ether oxygens (including phenoxy) is 1. The molecule has 1 aliphatic carbocycles. The first-order valence-corrected chi connectivity index (χ1v) is 13.1. The molecule has 216 valence electrons. The van der Waals surface area contributed by atoms with Gasteiger partial charge < -0.3 is 9.84 Å². The molecule has 1 amide bonds. The van der Waals surface area contributed by atoms with E-state index in [0.29, 0.717) is 29.7 Å². The average Bonchev–Trinajstić information content (AvgIpc) is 2.93. The highest BCUT2D eigenvalue weighted by molar-refractivity contribution is 7.92. The van der Waals surface area contributed by atoms with Gasteiger partial charge in [-0.25, -0.2) is 12.8 Å². The fourth-order valence-electron chi connectivity index (χ4n) is 3.80. The summed E-state index contributed by atoms with van der Waals surface area (Å²) in [5.41, 5.74) is 0.430. The van der Waals surface area contributed by atoms with Gasteiger partial charge in [0.2, 0.25) is 0 Å². The molecule has 0 spiro atoms. The molecule has 0 saturated carbocycles. The van der Waals surface area contributed by atoms with Crippen LogP contribution < -0.4 is 9.46 Å². The summed E-state index contributed by atoms with van der Waals surface area (Å²) in [6, 6.07) is 11.9. The van der Waals surface area contributed by atoms with Gasteiger partial charge in [-0.15, -0.1) is 10.2 Å². The molecule has 4 rings (SSSR count). The number of amides is 1. The minimum Gasteiger partial charge on any atom is -0.505 e. The zero-order chi connectivity index (χ0) is 30.0. The third-order valence-electron chi connectivity index (χ3n) is 5.79. The molecule has 1 unspecified atom stereocenters. The molecule has 41 heavy (non-hydrogen) atoms. The van der Waals surface area contributed by atoms with Gasteiger partial charge in [0.25, 0.3) is 22.1 Å². The molecule has 8 nitrogen and oxygen atoms in total. The van der Waals surface area contributed by atoms with Crippen molar-refractivity contribution in [2.45, 2.75) is 36.2 Å². The lowest BCUT2D eigenvalue weighted by Gasteiger charge is -2.23. The highest BCUT2D eigenvalue weighted by Crippen LogP contribution is 2.41. The minimum absolute atomic E-state index is 0.0165. The molecular weight excluding hydrogens is 580 g/mol. The molecule has 0 saturated heterocycles. The van der Waals surface area contributed by atoms with Gasteiger partial charge in [-0.2, -0.15) is 22.0 Å². The van der Waals surface area contributed by atoms with Crippen LogP contribution in [-0.4, -0.2) is 37.9 Å². The summed E-state index contributed by atoms with van der Waals surface area (Å²) in [5, 5.41) is 17.9. The van der Waals surface area contributed by atoms with Crippen molar-refractivity contribution in [3.05, 3.63) is 89.5 Å². The first kappa shape index (κ1) is 29.6. The van der Waals surface area contributed by atoms with Gasteiger partial charge in [-0.3, -0.25) is 9.52 Å². The number of phenols is 1. The number of hydrogen-bond acceptors (Lipinski definition) is 6. The third kappa shape index (κ3) is 6.67. The highest BCUT2D eigenvalue weighted by atomic mass is 32.2. The summed E-state index contributed by atoms with van der Waals surface area (Å²) in [5.74, 6) is -2.25. The summed E-state index contributed by atoms with van der Waals surface area (Å²) in [7, 11) is -4.03. The summed E-state index contributed by atoms with van der Waals surface area (Å²) < 4.78 is 109. The van der Waals surface area contributed by atoms with Crippen molar-refractivity contribution in [2.75, 3.05) is 4.72 Å². The largest absolute Gasteiger partial charge is 0.505 e. The Hall–Kier alpha value is -4.40. The van der Waals surface area contributed by atoms with Crippen molar-refractivity contribution < 1.29 is 49.4 Å². The summed E-state index contributed by atoms with van der Waals surface area (Å²) in [6.07, 6.45) is -11.6. The van der Waals surface area contributed by atoms with Gasteiger partial charge >= 0.3 is 12.3 Å². The monoisotopic (exact) mass is 599 g/mol. The van der Waals surface area contributed by atoms with E-state index in [2.05, 4.69) is 19.7 Å². The number of azo groups is 1. The molecule has 0 aliphatic heterocycles. The van der Waals surface area contributed by atoms with Crippen LogP contribution in [0, 0.1) is 0 Å². The van der Waals surface area contributed by atoms with Gasteiger partial charge in [0.05, 0.1) is 10.6 Å². The molecule has 3 aromatic rings. The second kappa shape index (κ2) is 11.2. The minimum atomic E-state index is -5.86. The lowest BCUT2D eigenvalue weighted by molar-refractivity contribution is -0.304. The number of anilines is 1. The van der Waals surface area contributed by atoms with Crippen LogP contribution in [0.25, 0.3) is 0 Å². The smallest absolute Gasteiger partial charge is 0.439 e. The topological polar surface area (TPSA) is 117 Å². The number of fused-ring (bicyclic) bond motifs is 1. The number of rotatable bonds is 8. The lowest BCUT2D eigenvalue weighted by Crippen LogP contribution is -2.45. The predicted molar refractivity (Wildman–Crippen MR) is 134 cm³/mol.